The van der Waals surface area contributed by atoms with Crippen LogP contribution in [-0.2, 0) is 9.59 Å². The first-order valence-electron chi connectivity index (χ1n) is 21.1. The van der Waals surface area contributed by atoms with E-state index in [9.17, 15) is 9.59 Å². The number of carbonyl (C=O) groups excluding carboxylic acids is 2. The fraction of sp³-hybridized carbons (Fsp3) is 0.296. The normalized spacial score (nSPS) is 34.4. The van der Waals surface area contributed by atoms with E-state index in [0.29, 0.717) is 23.8 Å². The van der Waals surface area contributed by atoms with Gasteiger partial charge < -0.3 is 4.90 Å². The van der Waals surface area contributed by atoms with E-state index in [1.165, 1.54) is 68.0 Å². The van der Waals surface area contributed by atoms with Gasteiger partial charge in [-0.05, 0) is 109 Å². The molecule has 0 bridgehead atoms. The van der Waals surface area contributed by atoms with Crippen molar-refractivity contribution in [3.05, 3.63) is 184 Å². The quantitative estimate of drug-likeness (QED) is 0.135. The lowest BCUT2D eigenvalue weighted by Gasteiger charge is -2.34. The number of aryl methyl sites for hydroxylation is 1. The Morgan fingerprint density at radius 3 is 2.68 bits per heavy atom. The van der Waals surface area contributed by atoms with Gasteiger partial charge in [0.15, 0.2) is 11.6 Å². The van der Waals surface area contributed by atoms with Crippen LogP contribution in [0, 0.1) is 40.9 Å². The smallest absolute Gasteiger partial charge is 0.176 e. The van der Waals surface area contributed by atoms with Crippen LogP contribution in [0.4, 0.5) is 11.4 Å². The number of carbonyl (C=O) groups is 2. The summed E-state index contributed by atoms with van der Waals surface area (Å²) in [5.74, 6) is 1.52. The van der Waals surface area contributed by atoms with Crippen LogP contribution in [-0.4, -0.2) is 11.6 Å². The molecule has 2 aromatic carbocycles. The second-order valence-electron chi connectivity index (χ2n) is 18.3. The average Bonchev–Trinajstić information content (AvgIpc) is 4.13. The lowest BCUT2D eigenvalue weighted by molar-refractivity contribution is -0.120. The first kappa shape index (κ1) is 34.7. The number of Topliss-reactive ketones (excluding diaryl/α,β-unsaturated/α-hetero) is 2. The van der Waals surface area contributed by atoms with Crippen molar-refractivity contribution in [1.82, 2.24) is 0 Å². The number of nitrogens with zero attached hydrogens (tertiary/aromatic N) is 1. The summed E-state index contributed by atoms with van der Waals surface area (Å²) in [4.78, 5) is 30.9. The van der Waals surface area contributed by atoms with Gasteiger partial charge in [-0.1, -0.05) is 141 Å². The Bertz CT molecular complexity index is 2590. The monoisotopic (exact) mass is 745 g/mol. The molecule has 3 saturated carbocycles. The summed E-state index contributed by atoms with van der Waals surface area (Å²) < 4.78 is 0. The molecule has 9 aliphatic rings. The van der Waals surface area contributed by atoms with Crippen molar-refractivity contribution in [3.63, 3.8) is 0 Å². The molecule has 3 heteroatoms. The maximum absolute atomic E-state index is 14.4. The van der Waals surface area contributed by atoms with E-state index >= 15 is 0 Å². The number of hydrogen-bond donors (Lipinski definition) is 0. The van der Waals surface area contributed by atoms with Gasteiger partial charge in [-0.15, -0.1) is 0 Å². The fourth-order valence-electron chi connectivity index (χ4n) is 11.2. The molecule has 8 aliphatic carbocycles. The second-order valence-corrected chi connectivity index (χ2v) is 18.3. The Morgan fingerprint density at radius 1 is 0.912 bits per heavy atom. The van der Waals surface area contributed by atoms with Gasteiger partial charge in [0.2, 0.25) is 0 Å². The van der Waals surface area contributed by atoms with E-state index < -0.39 is 5.41 Å². The summed E-state index contributed by atoms with van der Waals surface area (Å²) in [6.45, 7) is 6.63. The van der Waals surface area contributed by atoms with E-state index in [1.54, 1.807) is 0 Å². The standard InChI is InChI=1S/C54H49NO2.H2/c1-4-5-8-24-52(3)26-22-38(23-27-52)55-46-19-18-39-40(49(46)48-41(17-16-37-30-43(37)48)42-14-9-11-34(2)50(42)55)15-10-25-54(32-45(39)54)31-44-47(56)33-53(51(44)57)28-20-35-12-6-7-13-36(35)21-29-53;/h4-24,26,28,31,35,37,43,45H,25,27,29-30,32-33H2,1-3H3;1H/b5-4-,24-8-,44-31?;. The molecule has 11 rings (SSSR count). The summed E-state index contributed by atoms with van der Waals surface area (Å²) in [6.07, 6.45) is 47.1. The van der Waals surface area contributed by atoms with E-state index in [1.807, 2.05) is 0 Å². The third-order valence-corrected chi connectivity index (χ3v) is 14.6. The number of ketones is 2. The lowest BCUT2D eigenvalue weighted by atomic mass is 9.81. The number of anilines is 2. The van der Waals surface area contributed by atoms with Crippen LogP contribution in [0.3, 0.4) is 0 Å². The summed E-state index contributed by atoms with van der Waals surface area (Å²) >= 11 is 0. The fourth-order valence-corrected chi connectivity index (χ4v) is 11.2. The van der Waals surface area contributed by atoms with Gasteiger partial charge in [-0.2, -0.15) is 0 Å². The van der Waals surface area contributed by atoms with Crippen LogP contribution in [0.25, 0.3) is 17.2 Å². The van der Waals surface area contributed by atoms with Gasteiger partial charge in [0.25, 0.3) is 0 Å². The zero-order valence-electron chi connectivity index (χ0n) is 33.2. The summed E-state index contributed by atoms with van der Waals surface area (Å²) in [6, 6.07) is 11.6. The third-order valence-electron chi connectivity index (χ3n) is 14.6. The van der Waals surface area contributed by atoms with Crippen molar-refractivity contribution in [3.8, 4) is 0 Å². The molecule has 7 unspecified atom stereocenters. The largest absolute Gasteiger partial charge is 0.309 e. The van der Waals surface area contributed by atoms with Crippen molar-refractivity contribution in [2.24, 2.45) is 34.0 Å². The van der Waals surface area contributed by atoms with Crippen molar-refractivity contribution >= 4 is 40.2 Å². The number of allylic oxidation sites excluding steroid dienone is 22. The van der Waals surface area contributed by atoms with E-state index in [4.69, 9.17) is 0 Å². The van der Waals surface area contributed by atoms with Crippen LogP contribution in [0.1, 0.15) is 87.5 Å². The molecular formula is C54H51NO2. The minimum atomic E-state index is -0.775. The molecule has 284 valence electrons. The molecule has 7 atom stereocenters. The number of hydrogen-bond acceptors (Lipinski definition) is 3. The topological polar surface area (TPSA) is 37.4 Å². The molecule has 0 amide bonds. The molecule has 1 heterocycles. The number of rotatable bonds is 4. The Kier molecular flexibility index (Phi) is 7.59. The molecule has 0 aromatic heterocycles. The van der Waals surface area contributed by atoms with Crippen LogP contribution in [0.15, 0.2) is 157 Å². The zero-order chi connectivity index (χ0) is 38.7. The van der Waals surface area contributed by atoms with Crippen molar-refractivity contribution < 1.29 is 11.0 Å². The molecular weight excluding hydrogens is 695 g/mol. The average molecular weight is 746 g/mol. The van der Waals surface area contributed by atoms with Gasteiger partial charge in [0.1, 0.15) is 0 Å². The Labute approximate surface area is 338 Å². The van der Waals surface area contributed by atoms with E-state index in [2.05, 4.69) is 171 Å². The molecule has 0 radical (unpaired) electrons. The maximum atomic E-state index is 14.4. The summed E-state index contributed by atoms with van der Waals surface area (Å²) in [7, 11) is 0. The van der Waals surface area contributed by atoms with Crippen molar-refractivity contribution in [2.45, 2.75) is 65.2 Å². The van der Waals surface area contributed by atoms with Gasteiger partial charge in [-0.25, -0.2) is 0 Å². The van der Waals surface area contributed by atoms with Crippen LogP contribution in [0.2, 0.25) is 0 Å². The third kappa shape index (κ3) is 5.30. The van der Waals surface area contributed by atoms with E-state index in [-0.39, 0.29) is 42.1 Å². The van der Waals surface area contributed by atoms with Crippen molar-refractivity contribution in [1.29, 1.82) is 0 Å². The molecule has 3 fully saturated rings. The molecule has 3 nitrogen and oxygen atoms in total. The summed E-state index contributed by atoms with van der Waals surface area (Å²) in [5, 5.41) is 0. The van der Waals surface area contributed by atoms with Crippen LogP contribution < -0.4 is 4.90 Å². The van der Waals surface area contributed by atoms with Crippen LogP contribution >= 0.6 is 0 Å². The van der Waals surface area contributed by atoms with Gasteiger partial charge >= 0.3 is 0 Å². The first-order chi connectivity index (χ1) is 27.7. The lowest BCUT2D eigenvalue weighted by Crippen LogP contribution is -2.23. The molecule has 1 spiro atoms. The van der Waals surface area contributed by atoms with Crippen LogP contribution in [0.5, 0.6) is 0 Å². The highest BCUT2D eigenvalue weighted by Crippen LogP contribution is 2.68. The second kappa shape index (κ2) is 12.5. The first-order valence-corrected chi connectivity index (χ1v) is 21.1. The SMILES string of the molecule is C/C=C\C=C/C1(C)C=CC(N2c3ccc4c(c3C3=C(C=CC5CC35)c3cccc(C)c32)C=CCC2(C=C3C(=O)CC5(C=CC6C=CC=CC6=CC5)C3=O)CC42)=CC1.[HH]. The molecule has 0 N–H and O–H groups in total. The molecule has 0 saturated heterocycles. The predicted octanol–water partition coefficient (Wildman–Crippen LogP) is 12.8. The Balaban J connectivity index is 0.00000408. The van der Waals surface area contributed by atoms with Gasteiger partial charge in [0, 0.05) is 41.4 Å². The Morgan fingerprint density at radius 2 is 1.82 bits per heavy atom. The Hall–Kier alpha value is -5.54. The number of fused-ring (bicyclic) bond motifs is 11. The predicted molar refractivity (Wildman–Crippen MR) is 236 cm³/mol. The maximum Gasteiger partial charge on any atom is 0.176 e. The molecule has 2 aromatic rings. The summed E-state index contributed by atoms with van der Waals surface area (Å²) in [5.41, 5.74) is 13.8. The van der Waals surface area contributed by atoms with E-state index in [0.717, 1.165) is 19.3 Å². The highest BCUT2D eigenvalue weighted by atomic mass is 16.2. The highest BCUT2D eigenvalue weighted by molar-refractivity contribution is 6.28. The molecule has 57 heavy (non-hydrogen) atoms. The van der Waals surface area contributed by atoms with Crippen molar-refractivity contribution in [2.75, 3.05) is 4.90 Å². The van der Waals surface area contributed by atoms with Gasteiger partial charge in [0.05, 0.1) is 22.4 Å². The minimum Gasteiger partial charge on any atom is -0.309 e. The number of para-hydroxylation sites is 1. The zero-order valence-corrected chi connectivity index (χ0v) is 33.2. The minimum absolute atomic E-state index is 0. The number of benzene rings is 2. The highest BCUT2D eigenvalue weighted by Gasteiger charge is 2.57. The van der Waals surface area contributed by atoms with Gasteiger partial charge in [-0.3, -0.25) is 9.59 Å². The molecule has 1 aliphatic heterocycles.